The van der Waals surface area contributed by atoms with Gasteiger partial charge in [-0.25, -0.2) is 14.3 Å². The Hall–Kier alpha value is -1.96. The second kappa shape index (κ2) is 13.8. The molecule has 0 atom stereocenters. The van der Waals surface area contributed by atoms with Gasteiger partial charge in [0.15, 0.2) is 5.58 Å². The van der Waals surface area contributed by atoms with Gasteiger partial charge in [-0.1, -0.05) is 0 Å². The van der Waals surface area contributed by atoms with Gasteiger partial charge in [0.25, 0.3) is 5.91 Å². The zero-order chi connectivity index (χ0) is 26.9. The van der Waals surface area contributed by atoms with Crippen LogP contribution in [0.5, 0.6) is 0 Å². The molecule has 1 saturated carbocycles. The molecule has 1 aliphatic carbocycles. The number of oxazole rings is 1. The van der Waals surface area contributed by atoms with Crippen LogP contribution in [-0.2, 0) is 15.8 Å². The summed E-state index contributed by atoms with van der Waals surface area (Å²) in [6, 6.07) is 14.0. The molecule has 40 heavy (non-hydrogen) atoms. The number of hydrogen-bond acceptors (Lipinski definition) is 10. The summed E-state index contributed by atoms with van der Waals surface area (Å²) in [4.78, 5) is 50.5. The fourth-order valence-corrected chi connectivity index (χ4v) is 4.20. The topological polar surface area (TPSA) is 174 Å². The van der Waals surface area contributed by atoms with Gasteiger partial charge in [0.1, 0.15) is 12.5 Å². The number of phosphoric ester groups is 1. The van der Waals surface area contributed by atoms with Crippen molar-refractivity contribution in [2.75, 3.05) is 10.6 Å². The molecule has 2 aromatic carbocycles. The first kappa shape index (κ1) is 32.6. The Morgan fingerprint density at radius 1 is 1.10 bits per heavy atom. The van der Waals surface area contributed by atoms with Gasteiger partial charge in [-0.05, 0) is 74.2 Å². The average molecular weight is 583 g/mol. The molecule has 4 aromatic rings. The summed E-state index contributed by atoms with van der Waals surface area (Å²) in [5.74, 6) is -0.382. The molecule has 3 N–H and O–H groups in total. The molecular weight excluding hydrogens is 559 g/mol. The fourth-order valence-electron chi connectivity index (χ4n) is 3.95. The first-order valence-corrected chi connectivity index (χ1v) is 13.3. The molecule has 15 heteroatoms. The molecule has 2 heterocycles. The van der Waals surface area contributed by atoms with Crippen LogP contribution < -0.4 is 90.6 Å². The molecule has 1 aliphatic rings. The molecule has 0 radical (unpaired) electrons. The van der Waals surface area contributed by atoms with Gasteiger partial charge in [-0.3, -0.25) is 4.79 Å². The number of aryl methyl sites for hydroxylation is 1. The van der Waals surface area contributed by atoms with E-state index in [2.05, 4.69) is 25.5 Å². The van der Waals surface area contributed by atoms with E-state index in [4.69, 9.17) is 4.42 Å². The van der Waals surface area contributed by atoms with Crippen LogP contribution in [0.15, 0.2) is 63.9 Å². The van der Waals surface area contributed by atoms with Gasteiger partial charge in [-0.15, -0.1) is 0 Å². The predicted molar refractivity (Wildman–Crippen MR) is 136 cm³/mol. The van der Waals surface area contributed by atoms with Gasteiger partial charge >= 0.3 is 64.9 Å². The first-order valence-electron chi connectivity index (χ1n) is 11.9. The number of amides is 1. The van der Waals surface area contributed by atoms with Gasteiger partial charge in [0.05, 0.1) is 13.3 Å². The van der Waals surface area contributed by atoms with Crippen LogP contribution in [0.4, 0.5) is 22.9 Å². The zero-order valence-corrected chi connectivity index (χ0v) is 27.2. The van der Waals surface area contributed by atoms with Gasteiger partial charge in [0, 0.05) is 40.9 Å². The standard InChI is InChI=1S/C25H26N5O7P.2Na/c1-15-13-26-23(28-18-7-5-16(6-8-18)24(31)29-17-3-2-4-17)12-20(15)27-19-9-10-22-21(11-19)30(25(32)37-22)14-36-38(33,34)35;;/h5-13,17H,2-4,14H2,1H3,(H,29,31)(H2,26,27,28)(H2,33,34,35);;/q;2*+1/p-2. The molecule has 12 nitrogen and oxygen atoms in total. The van der Waals surface area contributed by atoms with Crippen LogP contribution in [0.3, 0.4) is 0 Å². The number of nitrogens with zero attached hydrogens (tertiary/aromatic N) is 2. The van der Waals surface area contributed by atoms with Crippen molar-refractivity contribution < 1.29 is 87.2 Å². The molecule has 0 unspecified atom stereocenters. The van der Waals surface area contributed by atoms with E-state index >= 15 is 0 Å². The molecule has 198 valence electrons. The van der Waals surface area contributed by atoms with Crippen LogP contribution in [0.25, 0.3) is 11.1 Å². The second-order valence-electron chi connectivity index (χ2n) is 9.00. The number of phosphoric acid groups is 1. The number of aromatic nitrogens is 2. The Labute approximate surface area is 273 Å². The number of rotatable bonds is 9. The van der Waals surface area contributed by atoms with E-state index in [-0.39, 0.29) is 82.2 Å². The summed E-state index contributed by atoms with van der Waals surface area (Å²) < 4.78 is 21.1. The molecule has 1 amide bonds. The minimum absolute atomic E-state index is 0. The van der Waals surface area contributed by atoms with Crippen molar-refractivity contribution >= 4 is 47.7 Å². The third-order valence-electron chi connectivity index (χ3n) is 6.25. The maximum Gasteiger partial charge on any atom is 1.00 e. The van der Waals surface area contributed by atoms with Crippen LogP contribution in [-0.4, -0.2) is 21.5 Å². The van der Waals surface area contributed by atoms with E-state index in [1.807, 2.05) is 6.92 Å². The Kier molecular flexibility index (Phi) is 11.2. The van der Waals surface area contributed by atoms with Crippen LogP contribution >= 0.6 is 7.82 Å². The van der Waals surface area contributed by atoms with Crippen molar-refractivity contribution in [1.29, 1.82) is 0 Å². The molecule has 0 bridgehead atoms. The van der Waals surface area contributed by atoms with Gasteiger partial charge in [-0.2, -0.15) is 0 Å². The van der Waals surface area contributed by atoms with Crippen molar-refractivity contribution in [2.45, 2.75) is 39.0 Å². The molecular formula is C25H24N5Na2O7P. The van der Waals surface area contributed by atoms with Crippen LogP contribution in [0.2, 0.25) is 0 Å². The van der Waals surface area contributed by atoms with E-state index in [1.165, 1.54) is 0 Å². The Bertz CT molecular complexity index is 1600. The number of anilines is 4. The molecule has 5 rings (SSSR count). The molecule has 0 spiro atoms. The number of benzene rings is 2. The Balaban J connectivity index is 0.00000220. The minimum atomic E-state index is -5.28. The molecule has 1 fully saturated rings. The average Bonchev–Trinajstić information content (AvgIpc) is 3.16. The number of nitrogens with one attached hydrogen (secondary N) is 3. The normalized spacial score (nSPS) is 13.1. The third kappa shape index (κ3) is 8.07. The number of fused-ring (bicyclic) bond motifs is 1. The number of carbonyl (C=O) groups is 1. The number of pyridine rings is 1. The maximum absolute atomic E-state index is 12.3. The Morgan fingerprint density at radius 2 is 1.80 bits per heavy atom. The number of hydrogen-bond donors (Lipinski definition) is 3. The van der Waals surface area contributed by atoms with Gasteiger partial charge < -0.3 is 39.2 Å². The SMILES string of the molecule is Cc1cnc(Nc2ccc(C(=O)NC3CCC3)cc2)cc1Nc1ccc2oc(=O)n(COP(=O)([O-])[O-])c2c1.[Na+].[Na+]. The zero-order valence-electron chi connectivity index (χ0n) is 22.3. The van der Waals surface area contributed by atoms with Gasteiger partial charge in [0.2, 0.25) is 0 Å². The Morgan fingerprint density at radius 3 is 2.45 bits per heavy atom. The second-order valence-corrected chi connectivity index (χ2v) is 10.1. The summed E-state index contributed by atoms with van der Waals surface area (Å²) in [5, 5.41) is 9.47. The molecule has 0 saturated heterocycles. The van der Waals surface area contributed by atoms with Crippen LogP contribution in [0.1, 0.15) is 35.2 Å². The predicted octanol–water partition coefficient (Wildman–Crippen LogP) is -3.12. The van der Waals surface area contributed by atoms with Crippen molar-refractivity contribution in [3.05, 3.63) is 76.4 Å². The van der Waals surface area contributed by atoms with Crippen molar-refractivity contribution in [3.8, 4) is 0 Å². The largest absolute Gasteiger partial charge is 1.00 e. The summed E-state index contributed by atoms with van der Waals surface area (Å²) in [5.41, 5.74) is 3.93. The summed E-state index contributed by atoms with van der Waals surface area (Å²) >= 11 is 0. The smallest absolute Gasteiger partial charge is 0.790 e. The quantitative estimate of drug-likeness (QED) is 0.135. The fraction of sp³-hybridized carbons (Fsp3) is 0.240. The maximum atomic E-state index is 12.3. The monoisotopic (exact) mass is 583 g/mol. The minimum Gasteiger partial charge on any atom is -0.790 e. The van der Waals surface area contributed by atoms with Crippen molar-refractivity contribution in [2.24, 2.45) is 0 Å². The van der Waals surface area contributed by atoms with Crippen LogP contribution in [0, 0.1) is 6.92 Å². The van der Waals surface area contributed by atoms with E-state index in [9.17, 15) is 23.9 Å². The number of carbonyl (C=O) groups excluding carboxylic acids is 1. The van der Waals surface area contributed by atoms with E-state index in [0.717, 1.165) is 40.8 Å². The van der Waals surface area contributed by atoms with E-state index < -0.39 is 20.3 Å². The van der Waals surface area contributed by atoms with Crippen molar-refractivity contribution in [3.63, 3.8) is 0 Å². The van der Waals surface area contributed by atoms with E-state index in [0.29, 0.717) is 17.1 Å². The van der Waals surface area contributed by atoms with E-state index in [1.54, 1.807) is 54.7 Å². The summed E-state index contributed by atoms with van der Waals surface area (Å²) in [6.07, 6.45) is 4.89. The molecule has 0 aliphatic heterocycles. The summed E-state index contributed by atoms with van der Waals surface area (Å²) in [6.45, 7) is 1.08. The third-order valence-corrected chi connectivity index (χ3v) is 6.69. The van der Waals surface area contributed by atoms with Crippen molar-refractivity contribution in [1.82, 2.24) is 14.9 Å². The first-order chi connectivity index (χ1) is 18.1. The summed E-state index contributed by atoms with van der Waals surface area (Å²) in [7, 11) is -5.28. The molecule has 2 aromatic heterocycles.